The van der Waals surface area contributed by atoms with E-state index in [1.165, 1.54) is 16.5 Å². The number of nitrogens with two attached hydrogens (primary N) is 1. The molecule has 2 atom stereocenters. The smallest absolute Gasteiger partial charge is 0.0705 e. The zero-order valence-electron chi connectivity index (χ0n) is 14.7. The first kappa shape index (κ1) is 16.2. The van der Waals surface area contributed by atoms with Gasteiger partial charge in [-0.05, 0) is 48.7 Å². The van der Waals surface area contributed by atoms with Crippen LogP contribution in [0.5, 0.6) is 0 Å². The van der Waals surface area contributed by atoms with E-state index in [9.17, 15) is 0 Å². The monoisotopic (exact) mass is 331 g/mol. The molecular formula is C22H25N3. The number of benzene rings is 2. The van der Waals surface area contributed by atoms with Crippen LogP contribution in [-0.2, 0) is 6.54 Å². The lowest BCUT2D eigenvalue weighted by Crippen LogP contribution is -2.23. The Hall–Kier alpha value is -2.23. The Bertz CT molecular complexity index is 860. The predicted octanol–water partition coefficient (Wildman–Crippen LogP) is 3.72. The van der Waals surface area contributed by atoms with Crippen LogP contribution in [0.3, 0.4) is 0 Å². The summed E-state index contributed by atoms with van der Waals surface area (Å²) in [5.41, 5.74) is 11.0. The van der Waals surface area contributed by atoms with Gasteiger partial charge in [-0.2, -0.15) is 0 Å². The van der Waals surface area contributed by atoms with Crippen LogP contribution in [0, 0.1) is 12.8 Å². The summed E-state index contributed by atoms with van der Waals surface area (Å²) in [7, 11) is 0. The SMILES string of the molecule is Cc1ccc2cc(CN3C[C@@H](CN)[C@H](c4ccccc4)C3)ccc2n1. The van der Waals surface area contributed by atoms with Gasteiger partial charge >= 0.3 is 0 Å². The van der Waals surface area contributed by atoms with Crippen molar-refractivity contribution in [1.82, 2.24) is 9.88 Å². The average Bonchev–Trinajstić information content (AvgIpc) is 3.05. The Morgan fingerprint density at radius 3 is 2.68 bits per heavy atom. The molecule has 0 aliphatic carbocycles. The molecule has 3 nitrogen and oxygen atoms in total. The van der Waals surface area contributed by atoms with Crippen molar-refractivity contribution in [1.29, 1.82) is 0 Å². The molecule has 1 saturated heterocycles. The van der Waals surface area contributed by atoms with Crippen molar-refractivity contribution >= 4 is 10.9 Å². The molecule has 1 fully saturated rings. The number of nitrogens with zero attached hydrogens (tertiary/aromatic N) is 2. The molecular weight excluding hydrogens is 306 g/mol. The molecule has 1 aromatic heterocycles. The van der Waals surface area contributed by atoms with E-state index in [0.717, 1.165) is 37.4 Å². The molecule has 3 aromatic rings. The molecule has 0 radical (unpaired) electrons. The van der Waals surface area contributed by atoms with Crippen molar-refractivity contribution in [2.75, 3.05) is 19.6 Å². The minimum Gasteiger partial charge on any atom is -0.330 e. The fourth-order valence-electron chi connectivity index (χ4n) is 4.04. The fraction of sp³-hybridized carbons (Fsp3) is 0.318. The minimum atomic E-state index is 0.534. The molecule has 0 spiro atoms. The molecule has 0 saturated carbocycles. The molecule has 2 heterocycles. The molecule has 0 amide bonds. The standard InChI is InChI=1S/C22H25N3/c1-16-7-9-19-11-17(8-10-22(19)24-16)13-25-14-20(12-23)21(15-25)18-5-3-2-4-6-18/h2-11,20-21H,12-15,23H2,1H3/t20-,21+/m1/s1. The zero-order chi connectivity index (χ0) is 17.2. The van der Waals surface area contributed by atoms with Crippen LogP contribution in [0.2, 0.25) is 0 Å². The summed E-state index contributed by atoms with van der Waals surface area (Å²) in [6.07, 6.45) is 0. The van der Waals surface area contributed by atoms with Crippen LogP contribution < -0.4 is 5.73 Å². The Morgan fingerprint density at radius 1 is 1.04 bits per heavy atom. The number of hydrogen-bond acceptors (Lipinski definition) is 3. The first-order chi connectivity index (χ1) is 12.2. The Labute approximate surface area is 149 Å². The first-order valence-electron chi connectivity index (χ1n) is 9.06. The number of aromatic nitrogens is 1. The lowest BCUT2D eigenvalue weighted by molar-refractivity contribution is 0.317. The third-order valence-corrected chi connectivity index (χ3v) is 5.35. The van der Waals surface area contributed by atoms with Crippen molar-refractivity contribution in [3.63, 3.8) is 0 Å². The Kier molecular flexibility index (Phi) is 4.51. The topological polar surface area (TPSA) is 42.1 Å². The molecule has 1 aliphatic heterocycles. The predicted molar refractivity (Wildman–Crippen MR) is 103 cm³/mol. The highest BCUT2D eigenvalue weighted by Crippen LogP contribution is 2.33. The normalized spacial score (nSPS) is 21.0. The number of rotatable bonds is 4. The van der Waals surface area contributed by atoms with E-state index in [1.54, 1.807) is 0 Å². The van der Waals surface area contributed by atoms with Crippen LogP contribution in [-0.4, -0.2) is 29.5 Å². The molecule has 2 aromatic carbocycles. The second kappa shape index (κ2) is 6.95. The van der Waals surface area contributed by atoms with Gasteiger partial charge in [0.05, 0.1) is 5.52 Å². The second-order valence-electron chi connectivity index (χ2n) is 7.19. The molecule has 0 unspecified atom stereocenters. The summed E-state index contributed by atoms with van der Waals surface area (Å²) in [6, 6.07) is 21.7. The van der Waals surface area contributed by atoms with Gasteiger partial charge in [-0.3, -0.25) is 9.88 Å². The summed E-state index contributed by atoms with van der Waals surface area (Å²) < 4.78 is 0. The van der Waals surface area contributed by atoms with Crippen LogP contribution in [0.15, 0.2) is 60.7 Å². The van der Waals surface area contributed by atoms with Gasteiger partial charge in [-0.25, -0.2) is 0 Å². The van der Waals surface area contributed by atoms with Gasteiger partial charge in [0.25, 0.3) is 0 Å². The van der Waals surface area contributed by atoms with Crippen LogP contribution in [0.1, 0.15) is 22.7 Å². The van der Waals surface area contributed by atoms with E-state index < -0.39 is 0 Å². The van der Waals surface area contributed by atoms with Crippen molar-refractivity contribution in [2.24, 2.45) is 11.7 Å². The summed E-state index contributed by atoms with van der Waals surface area (Å²) in [5.74, 6) is 1.07. The highest BCUT2D eigenvalue weighted by atomic mass is 15.2. The largest absolute Gasteiger partial charge is 0.330 e. The van der Waals surface area contributed by atoms with Crippen molar-refractivity contribution in [2.45, 2.75) is 19.4 Å². The van der Waals surface area contributed by atoms with E-state index in [2.05, 4.69) is 70.5 Å². The Balaban J connectivity index is 1.52. The average molecular weight is 331 g/mol. The minimum absolute atomic E-state index is 0.534. The number of hydrogen-bond donors (Lipinski definition) is 1. The molecule has 0 bridgehead atoms. The van der Waals surface area contributed by atoms with Gasteiger partial charge in [0.2, 0.25) is 0 Å². The summed E-state index contributed by atoms with van der Waals surface area (Å²) >= 11 is 0. The fourth-order valence-corrected chi connectivity index (χ4v) is 4.04. The zero-order valence-corrected chi connectivity index (χ0v) is 14.7. The van der Waals surface area contributed by atoms with Gasteiger partial charge in [-0.15, -0.1) is 0 Å². The van der Waals surface area contributed by atoms with Gasteiger partial charge in [0, 0.05) is 36.6 Å². The van der Waals surface area contributed by atoms with E-state index >= 15 is 0 Å². The number of pyridine rings is 1. The highest BCUT2D eigenvalue weighted by molar-refractivity contribution is 5.79. The number of likely N-dealkylation sites (tertiary alicyclic amines) is 1. The summed E-state index contributed by atoms with van der Waals surface area (Å²) in [5, 5.41) is 1.22. The molecule has 4 rings (SSSR count). The highest BCUT2D eigenvalue weighted by Gasteiger charge is 2.32. The maximum Gasteiger partial charge on any atom is 0.0705 e. The van der Waals surface area contributed by atoms with Gasteiger partial charge < -0.3 is 5.73 Å². The van der Waals surface area contributed by atoms with E-state index in [4.69, 9.17) is 5.73 Å². The quantitative estimate of drug-likeness (QED) is 0.792. The van der Waals surface area contributed by atoms with Gasteiger partial charge in [0.1, 0.15) is 0 Å². The van der Waals surface area contributed by atoms with Crippen LogP contribution in [0.25, 0.3) is 10.9 Å². The van der Waals surface area contributed by atoms with E-state index in [1.807, 2.05) is 6.92 Å². The number of fused-ring (bicyclic) bond motifs is 1. The molecule has 25 heavy (non-hydrogen) atoms. The van der Waals surface area contributed by atoms with Crippen LogP contribution in [0.4, 0.5) is 0 Å². The van der Waals surface area contributed by atoms with Crippen molar-refractivity contribution < 1.29 is 0 Å². The summed E-state index contributed by atoms with van der Waals surface area (Å²) in [4.78, 5) is 7.14. The van der Waals surface area contributed by atoms with Crippen molar-refractivity contribution in [3.05, 3.63) is 77.5 Å². The molecule has 128 valence electrons. The maximum atomic E-state index is 6.07. The van der Waals surface area contributed by atoms with Gasteiger partial charge in [0.15, 0.2) is 0 Å². The van der Waals surface area contributed by atoms with E-state index in [0.29, 0.717) is 11.8 Å². The molecule has 3 heteroatoms. The first-order valence-corrected chi connectivity index (χ1v) is 9.06. The second-order valence-corrected chi connectivity index (χ2v) is 7.19. The van der Waals surface area contributed by atoms with Crippen molar-refractivity contribution in [3.8, 4) is 0 Å². The lowest BCUT2D eigenvalue weighted by atomic mass is 9.89. The maximum absolute atomic E-state index is 6.07. The third kappa shape index (κ3) is 3.44. The van der Waals surface area contributed by atoms with Crippen LogP contribution >= 0.6 is 0 Å². The molecule has 2 N–H and O–H groups in total. The summed E-state index contributed by atoms with van der Waals surface area (Å²) in [6.45, 7) is 5.91. The van der Waals surface area contributed by atoms with E-state index in [-0.39, 0.29) is 0 Å². The van der Waals surface area contributed by atoms with Gasteiger partial charge in [-0.1, -0.05) is 42.5 Å². The third-order valence-electron chi connectivity index (χ3n) is 5.35. The molecule has 1 aliphatic rings. The number of aryl methyl sites for hydroxylation is 1. The lowest BCUT2D eigenvalue weighted by Gasteiger charge is -2.17. The Morgan fingerprint density at radius 2 is 1.88 bits per heavy atom.